The number of aliphatic carboxylic acids is 1. The van der Waals surface area contributed by atoms with E-state index < -0.39 is 35.0 Å². The van der Waals surface area contributed by atoms with Gasteiger partial charge in [-0.05, 0) is 80.1 Å². The van der Waals surface area contributed by atoms with Crippen LogP contribution >= 0.6 is 0 Å². The largest absolute Gasteiger partial charge is 0.497 e. The van der Waals surface area contributed by atoms with Gasteiger partial charge in [0.15, 0.2) is 17.5 Å². The molecule has 3 aromatic rings. The van der Waals surface area contributed by atoms with Gasteiger partial charge in [0.1, 0.15) is 11.9 Å². The molecule has 11 heteroatoms. The van der Waals surface area contributed by atoms with Gasteiger partial charge in [-0.3, -0.25) is 19.6 Å². The van der Waals surface area contributed by atoms with Crippen LogP contribution < -0.4 is 4.74 Å². The van der Waals surface area contributed by atoms with Gasteiger partial charge in [-0.2, -0.15) is 0 Å². The molecule has 0 bridgehead atoms. The summed E-state index contributed by atoms with van der Waals surface area (Å²) in [6.45, 7) is 4.64. The normalized spacial score (nSPS) is 17.9. The number of carbonyl (C=O) groups is 1. The number of ether oxygens (including phenoxy) is 2. The minimum atomic E-state index is -1.54. The summed E-state index contributed by atoms with van der Waals surface area (Å²) >= 11 is 0. The van der Waals surface area contributed by atoms with Gasteiger partial charge in [-0.15, -0.1) is 0 Å². The summed E-state index contributed by atoms with van der Waals surface area (Å²) in [7, 11) is 1.56. The smallest absolute Gasteiger partial charge is 0.303 e. The van der Waals surface area contributed by atoms with Gasteiger partial charge in [-0.1, -0.05) is 11.8 Å². The molecule has 0 unspecified atom stereocenters. The number of methoxy groups -OCH3 is 1. The monoisotopic (exact) mass is 627 g/mol. The lowest BCUT2D eigenvalue weighted by Gasteiger charge is -2.41. The Balaban J connectivity index is 1.30. The number of likely N-dealkylation sites (tertiary alicyclic amines) is 1. The Morgan fingerprint density at radius 2 is 1.80 bits per heavy atom. The molecule has 2 aliphatic heterocycles. The van der Waals surface area contributed by atoms with Crippen molar-refractivity contribution in [1.29, 1.82) is 0 Å². The number of benzene rings is 2. The summed E-state index contributed by atoms with van der Waals surface area (Å²) in [5, 5.41) is 10.5. The molecule has 0 amide bonds. The summed E-state index contributed by atoms with van der Waals surface area (Å²) in [6.07, 6.45) is 1.95. The molecule has 240 valence electrons. The zero-order chi connectivity index (χ0) is 32.0. The number of aromatic nitrogens is 1. The van der Waals surface area contributed by atoms with Crippen LogP contribution in [0.3, 0.4) is 0 Å². The molecule has 1 N–H and O–H groups in total. The molecular formula is C34H37F4N3O4. The highest BCUT2D eigenvalue weighted by Gasteiger charge is 2.37. The number of fused-ring (bicyclic) bond motifs is 1. The van der Waals surface area contributed by atoms with Crippen LogP contribution in [-0.2, 0) is 16.1 Å². The maximum absolute atomic E-state index is 16.5. The van der Waals surface area contributed by atoms with Crippen LogP contribution in [0.5, 0.6) is 5.75 Å². The Labute approximate surface area is 260 Å². The van der Waals surface area contributed by atoms with E-state index in [1.807, 2.05) is 17.0 Å². The predicted molar refractivity (Wildman–Crippen MR) is 161 cm³/mol. The third kappa shape index (κ3) is 8.12. The van der Waals surface area contributed by atoms with Crippen LogP contribution in [0.1, 0.15) is 55.0 Å². The van der Waals surface area contributed by atoms with Crippen LogP contribution in [0, 0.1) is 34.7 Å². The number of hydrogen-bond donors (Lipinski definition) is 1. The molecule has 7 nitrogen and oxygen atoms in total. The zero-order valence-corrected chi connectivity index (χ0v) is 25.3. The lowest BCUT2D eigenvalue weighted by molar-refractivity contribution is -0.141. The predicted octanol–water partition coefficient (Wildman–Crippen LogP) is 5.89. The number of hydrogen-bond acceptors (Lipinski definition) is 6. The van der Waals surface area contributed by atoms with E-state index in [4.69, 9.17) is 9.47 Å². The molecule has 2 fully saturated rings. The second-order valence-electron chi connectivity index (χ2n) is 11.9. The first kappa shape index (κ1) is 32.7. The Kier molecular flexibility index (Phi) is 10.6. The van der Waals surface area contributed by atoms with Crippen molar-refractivity contribution in [2.45, 2.75) is 44.8 Å². The number of nitrogens with zero attached hydrogens (tertiary/aromatic N) is 3. The van der Waals surface area contributed by atoms with E-state index in [0.29, 0.717) is 80.9 Å². The zero-order valence-electron chi connectivity index (χ0n) is 25.3. The number of piperidine rings is 1. The average molecular weight is 628 g/mol. The fraction of sp³-hybridized carbons (Fsp3) is 0.471. The summed E-state index contributed by atoms with van der Waals surface area (Å²) < 4.78 is 67.6. The van der Waals surface area contributed by atoms with Gasteiger partial charge >= 0.3 is 5.97 Å². The van der Waals surface area contributed by atoms with Crippen molar-refractivity contribution in [3.8, 4) is 17.6 Å². The summed E-state index contributed by atoms with van der Waals surface area (Å²) in [4.78, 5) is 20.8. The standard InChI is InChI=1S/C34H37F4N3O4/c1-44-25-4-5-30-26(19-25)32(24(21-39-30)22-41-13-15-45-16-14-41)27(35)6-7-34(20-31(42)43)8-11-40(12-9-34)10-2-3-23-17-28(36)33(38)29(37)18-23/h4-5,17-19,21,27H,6-16,20,22H2,1H3,(H,42,43)/t27-/m1/s1. The highest BCUT2D eigenvalue weighted by molar-refractivity contribution is 5.85. The highest BCUT2D eigenvalue weighted by atomic mass is 19.2. The van der Waals surface area contributed by atoms with Gasteiger partial charge in [0.2, 0.25) is 0 Å². The van der Waals surface area contributed by atoms with Crippen LogP contribution in [0.4, 0.5) is 17.6 Å². The van der Waals surface area contributed by atoms with Gasteiger partial charge in [-0.25, -0.2) is 17.6 Å². The van der Waals surface area contributed by atoms with Crippen molar-refractivity contribution in [2.24, 2.45) is 5.41 Å². The van der Waals surface area contributed by atoms with Crippen molar-refractivity contribution < 1.29 is 36.9 Å². The SMILES string of the molecule is COc1ccc2ncc(CN3CCOCC3)c([C@H](F)CCC3(CC(=O)O)CCN(CC#Cc4cc(F)c(F)c(F)c4)CC3)c2c1. The quantitative estimate of drug-likeness (QED) is 0.171. The van der Waals surface area contributed by atoms with E-state index >= 15 is 4.39 Å². The first-order chi connectivity index (χ1) is 21.7. The van der Waals surface area contributed by atoms with Gasteiger partial charge in [0.05, 0.1) is 38.8 Å². The summed E-state index contributed by atoms with van der Waals surface area (Å²) in [5.74, 6) is 1.08. The van der Waals surface area contributed by atoms with Gasteiger partial charge < -0.3 is 14.6 Å². The molecule has 0 aliphatic carbocycles. The third-order valence-electron chi connectivity index (χ3n) is 8.90. The molecule has 2 aliphatic rings. The number of carboxylic acid groups (broad SMARTS) is 1. The van der Waals surface area contributed by atoms with Crippen LogP contribution in [-0.4, -0.2) is 78.9 Å². The molecule has 45 heavy (non-hydrogen) atoms. The Morgan fingerprint density at radius 3 is 2.47 bits per heavy atom. The average Bonchev–Trinajstić information content (AvgIpc) is 3.03. The lowest BCUT2D eigenvalue weighted by atomic mass is 9.71. The Bertz CT molecular complexity index is 1550. The molecule has 5 rings (SSSR count). The summed E-state index contributed by atoms with van der Waals surface area (Å²) in [5.41, 5.74) is 1.48. The first-order valence-electron chi connectivity index (χ1n) is 15.1. The topological polar surface area (TPSA) is 75.1 Å². The molecule has 0 spiro atoms. The fourth-order valence-electron chi connectivity index (χ4n) is 6.34. The fourth-order valence-corrected chi connectivity index (χ4v) is 6.34. The molecule has 2 aromatic carbocycles. The Hall–Kier alpha value is -3.72. The van der Waals surface area contributed by atoms with Crippen LogP contribution in [0.25, 0.3) is 10.9 Å². The molecule has 2 saturated heterocycles. The van der Waals surface area contributed by atoms with Crippen LogP contribution in [0.15, 0.2) is 36.5 Å². The number of alkyl halides is 1. The molecule has 1 atom stereocenters. The minimum Gasteiger partial charge on any atom is -0.497 e. The van der Waals surface area contributed by atoms with Crippen molar-refractivity contribution >= 4 is 16.9 Å². The van der Waals surface area contributed by atoms with E-state index in [0.717, 1.165) is 30.8 Å². The second-order valence-corrected chi connectivity index (χ2v) is 11.9. The molecule has 0 saturated carbocycles. The first-order valence-corrected chi connectivity index (χ1v) is 15.1. The number of pyridine rings is 1. The van der Waals surface area contributed by atoms with Crippen molar-refractivity contribution in [1.82, 2.24) is 14.8 Å². The lowest BCUT2D eigenvalue weighted by Crippen LogP contribution is -2.41. The molecular weight excluding hydrogens is 590 g/mol. The summed E-state index contributed by atoms with van der Waals surface area (Å²) in [6, 6.07) is 7.12. The molecule has 0 radical (unpaired) electrons. The van der Waals surface area contributed by atoms with Gasteiger partial charge in [0, 0.05) is 42.3 Å². The van der Waals surface area contributed by atoms with E-state index in [9.17, 15) is 23.1 Å². The minimum absolute atomic E-state index is 0.0341. The third-order valence-corrected chi connectivity index (χ3v) is 8.90. The maximum atomic E-state index is 16.5. The number of morpholine rings is 1. The van der Waals surface area contributed by atoms with Crippen molar-refractivity contribution in [3.63, 3.8) is 0 Å². The van der Waals surface area contributed by atoms with E-state index in [1.165, 1.54) is 0 Å². The van der Waals surface area contributed by atoms with E-state index in [2.05, 4.69) is 21.7 Å². The maximum Gasteiger partial charge on any atom is 0.303 e. The highest BCUT2D eigenvalue weighted by Crippen LogP contribution is 2.43. The Morgan fingerprint density at radius 1 is 1.09 bits per heavy atom. The number of rotatable bonds is 10. The van der Waals surface area contributed by atoms with Crippen LogP contribution in [0.2, 0.25) is 0 Å². The molecule has 3 heterocycles. The number of halogens is 4. The van der Waals surface area contributed by atoms with E-state index in [-0.39, 0.29) is 18.4 Å². The van der Waals surface area contributed by atoms with Crippen molar-refractivity contribution in [3.05, 3.63) is 70.7 Å². The second kappa shape index (κ2) is 14.6. The van der Waals surface area contributed by atoms with E-state index in [1.54, 1.807) is 19.4 Å². The van der Waals surface area contributed by atoms with Crippen molar-refractivity contribution in [2.75, 3.05) is 53.0 Å². The number of carboxylic acids is 1. The molecule has 1 aromatic heterocycles. The van der Waals surface area contributed by atoms with Gasteiger partial charge in [0.25, 0.3) is 0 Å².